The lowest BCUT2D eigenvalue weighted by atomic mass is 10.1. The SMILES string of the molecule is O=C(Cn1nnc2ccccc2c1=O)Nc1ccc(-c2ccn[nH]2)cc1. The number of anilines is 1. The first kappa shape index (κ1) is 15.7. The molecule has 2 aromatic heterocycles. The summed E-state index contributed by atoms with van der Waals surface area (Å²) in [6, 6.07) is 16.0. The third-order valence-electron chi connectivity index (χ3n) is 3.90. The van der Waals surface area contributed by atoms with Crippen molar-refractivity contribution in [3.05, 3.63) is 71.1 Å². The fraction of sp³-hybridized carbons (Fsp3) is 0.0556. The van der Waals surface area contributed by atoms with Crippen LogP contribution in [0.15, 0.2) is 65.6 Å². The standard InChI is InChI=1S/C18H14N6O2/c25-17(11-24-18(26)14-3-1-2-4-16(14)22-23-24)20-13-7-5-12(6-8-13)15-9-10-19-21-15/h1-10H,11H2,(H,19,21)(H,20,25). The molecule has 0 spiro atoms. The zero-order chi connectivity index (χ0) is 17.9. The van der Waals surface area contributed by atoms with Gasteiger partial charge in [-0.2, -0.15) is 5.10 Å². The van der Waals surface area contributed by atoms with Crippen LogP contribution < -0.4 is 10.9 Å². The monoisotopic (exact) mass is 346 g/mol. The van der Waals surface area contributed by atoms with Crippen LogP contribution in [0.3, 0.4) is 0 Å². The van der Waals surface area contributed by atoms with Crippen molar-refractivity contribution in [2.45, 2.75) is 6.54 Å². The molecule has 2 heterocycles. The number of benzene rings is 2. The first-order valence-electron chi connectivity index (χ1n) is 7.93. The van der Waals surface area contributed by atoms with Crippen LogP contribution in [0.4, 0.5) is 5.69 Å². The van der Waals surface area contributed by atoms with Crippen molar-refractivity contribution in [3.63, 3.8) is 0 Å². The molecule has 0 fully saturated rings. The highest BCUT2D eigenvalue weighted by Crippen LogP contribution is 2.18. The molecule has 0 atom stereocenters. The number of hydrogen-bond donors (Lipinski definition) is 2. The van der Waals surface area contributed by atoms with E-state index >= 15 is 0 Å². The van der Waals surface area contributed by atoms with Crippen molar-refractivity contribution in [1.82, 2.24) is 25.2 Å². The van der Waals surface area contributed by atoms with Gasteiger partial charge in [0, 0.05) is 11.9 Å². The number of aromatic nitrogens is 5. The fourth-order valence-electron chi connectivity index (χ4n) is 2.61. The van der Waals surface area contributed by atoms with Gasteiger partial charge >= 0.3 is 0 Å². The molecule has 128 valence electrons. The van der Waals surface area contributed by atoms with Gasteiger partial charge in [0.25, 0.3) is 5.56 Å². The van der Waals surface area contributed by atoms with Crippen molar-refractivity contribution in [1.29, 1.82) is 0 Å². The van der Waals surface area contributed by atoms with Crippen molar-refractivity contribution in [3.8, 4) is 11.3 Å². The molecule has 0 saturated carbocycles. The van der Waals surface area contributed by atoms with Gasteiger partial charge < -0.3 is 5.32 Å². The van der Waals surface area contributed by atoms with Crippen LogP contribution >= 0.6 is 0 Å². The molecule has 4 rings (SSSR count). The third-order valence-corrected chi connectivity index (χ3v) is 3.90. The maximum Gasteiger partial charge on any atom is 0.278 e. The molecule has 0 radical (unpaired) electrons. The van der Waals surface area contributed by atoms with Crippen molar-refractivity contribution < 1.29 is 4.79 Å². The van der Waals surface area contributed by atoms with E-state index in [1.165, 1.54) is 0 Å². The average Bonchev–Trinajstić information content (AvgIpc) is 3.20. The highest BCUT2D eigenvalue weighted by Gasteiger charge is 2.10. The number of amides is 1. The molecule has 1 amide bonds. The van der Waals surface area contributed by atoms with E-state index in [0.29, 0.717) is 16.6 Å². The number of nitrogens with zero attached hydrogens (tertiary/aromatic N) is 4. The van der Waals surface area contributed by atoms with Crippen LogP contribution in [0.5, 0.6) is 0 Å². The maximum atomic E-state index is 12.4. The van der Waals surface area contributed by atoms with Crippen LogP contribution in [0.1, 0.15) is 0 Å². The third kappa shape index (κ3) is 3.07. The maximum absolute atomic E-state index is 12.4. The van der Waals surface area contributed by atoms with Crippen molar-refractivity contribution in [2.75, 3.05) is 5.32 Å². The Morgan fingerprint density at radius 1 is 1.08 bits per heavy atom. The molecule has 2 N–H and O–H groups in total. The van der Waals surface area contributed by atoms with Gasteiger partial charge in [-0.05, 0) is 35.9 Å². The lowest BCUT2D eigenvalue weighted by Crippen LogP contribution is -2.30. The van der Waals surface area contributed by atoms with Crippen LogP contribution in [-0.2, 0) is 11.3 Å². The van der Waals surface area contributed by atoms with E-state index in [9.17, 15) is 9.59 Å². The Balaban J connectivity index is 1.49. The highest BCUT2D eigenvalue weighted by molar-refractivity contribution is 5.91. The second-order valence-electron chi connectivity index (χ2n) is 5.67. The number of fused-ring (bicyclic) bond motifs is 1. The molecule has 8 heteroatoms. The Morgan fingerprint density at radius 2 is 1.88 bits per heavy atom. The van der Waals surface area contributed by atoms with E-state index in [1.807, 2.05) is 18.2 Å². The summed E-state index contributed by atoms with van der Waals surface area (Å²) in [5.41, 5.74) is 2.63. The molecule has 0 unspecified atom stereocenters. The van der Waals surface area contributed by atoms with Gasteiger partial charge in [0.2, 0.25) is 5.91 Å². The summed E-state index contributed by atoms with van der Waals surface area (Å²) in [7, 11) is 0. The number of rotatable bonds is 4. The smallest absolute Gasteiger partial charge is 0.278 e. The fourth-order valence-corrected chi connectivity index (χ4v) is 2.61. The normalized spacial score (nSPS) is 10.8. The number of carbonyl (C=O) groups is 1. The summed E-state index contributed by atoms with van der Waals surface area (Å²) in [5.74, 6) is -0.356. The molecular weight excluding hydrogens is 332 g/mol. The summed E-state index contributed by atoms with van der Waals surface area (Å²) >= 11 is 0. The largest absolute Gasteiger partial charge is 0.324 e. The minimum absolute atomic E-state index is 0.209. The van der Waals surface area contributed by atoms with E-state index in [0.717, 1.165) is 15.9 Å². The zero-order valence-corrected chi connectivity index (χ0v) is 13.6. The summed E-state index contributed by atoms with van der Waals surface area (Å²) in [4.78, 5) is 24.6. The van der Waals surface area contributed by atoms with Gasteiger partial charge in [0.05, 0.1) is 11.1 Å². The Morgan fingerprint density at radius 3 is 2.65 bits per heavy atom. The summed E-state index contributed by atoms with van der Waals surface area (Å²) in [6.07, 6.45) is 1.67. The van der Waals surface area contributed by atoms with Crippen LogP contribution in [0.2, 0.25) is 0 Å². The van der Waals surface area contributed by atoms with E-state index < -0.39 is 0 Å². The molecule has 8 nitrogen and oxygen atoms in total. The van der Waals surface area contributed by atoms with Gasteiger partial charge in [-0.1, -0.05) is 29.5 Å². The summed E-state index contributed by atoms with van der Waals surface area (Å²) in [6.45, 7) is -0.209. The lowest BCUT2D eigenvalue weighted by Gasteiger charge is -2.07. The van der Waals surface area contributed by atoms with Gasteiger partial charge in [0.15, 0.2) is 0 Å². The van der Waals surface area contributed by atoms with Crippen molar-refractivity contribution in [2.24, 2.45) is 0 Å². The molecule has 4 aromatic rings. The van der Waals surface area contributed by atoms with Crippen LogP contribution in [0, 0.1) is 0 Å². The zero-order valence-electron chi connectivity index (χ0n) is 13.6. The number of H-pyrrole nitrogens is 1. The first-order chi connectivity index (χ1) is 12.7. The first-order valence-corrected chi connectivity index (χ1v) is 7.93. The van der Waals surface area contributed by atoms with E-state index in [2.05, 4.69) is 25.8 Å². The van der Waals surface area contributed by atoms with E-state index in [4.69, 9.17) is 0 Å². The lowest BCUT2D eigenvalue weighted by molar-refractivity contribution is -0.117. The molecule has 0 aliphatic heterocycles. The molecule has 0 aliphatic carbocycles. The Bertz CT molecular complexity index is 1120. The molecular formula is C18H14N6O2. The molecule has 2 aromatic carbocycles. The van der Waals surface area contributed by atoms with Crippen LogP contribution in [-0.4, -0.2) is 31.1 Å². The predicted molar refractivity (Wildman–Crippen MR) is 96.5 cm³/mol. The Kier molecular flexibility index (Phi) is 3.98. The Labute approximate surface area is 147 Å². The molecule has 0 bridgehead atoms. The minimum atomic E-state index is -0.356. The number of hydrogen-bond acceptors (Lipinski definition) is 5. The van der Waals surface area contributed by atoms with Crippen LogP contribution in [0.25, 0.3) is 22.2 Å². The van der Waals surface area contributed by atoms with E-state index in [1.54, 1.807) is 42.6 Å². The second kappa shape index (κ2) is 6.60. The second-order valence-corrected chi connectivity index (χ2v) is 5.67. The van der Waals surface area contributed by atoms with Crippen molar-refractivity contribution >= 4 is 22.5 Å². The molecule has 0 aliphatic rings. The predicted octanol–water partition coefficient (Wildman–Crippen LogP) is 1.82. The number of carbonyl (C=O) groups excluding carboxylic acids is 1. The van der Waals surface area contributed by atoms with Gasteiger partial charge in [-0.25, -0.2) is 4.68 Å². The Hall–Kier alpha value is -3.81. The number of aromatic amines is 1. The van der Waals surface area contributed by atoms with Gasteiger partial charge in [-0.3, -0.25) is 14.7 Å². The summed E-state index contributed by atoms with van der Waals surface area (Å²) in [5, 5.41) is 17.7. The van der Waals surface area contributed by atoms with Gasteiger partial charge in [-0.15, -0.1) is 5.10 Å². The quantitative estimate of drug-likeness (QED) is 0.586. The minimum Gasteiger partial charge on any atom is -0.324 e. The molecule has 0 saturated heterocycles. The van der Waals surface area contributed by atoms with E-state index in [-0.39, 0.29) is 18.0 Å². The molecule has 26 heavy (non-hydrogen) atoms. The number of nitrogens with one attached hydrogen (secondary N) is 2. The summed E-state index contributed by atoms with van der Waals surface area (Å²) < 4.78 is 1.05. The topological polar surface area (TPSA) is 106 Å². The van der Waals surface area contributed by atoms with Gasteiger partial charge in [0.1, 0.15) is 12.1 Å². The average molecular weight is 346 g/mol. The highest BCUT2D eigenvalue weighted by atomic mass is 16.2.